The summed E-state index contributed by atoms with van der Waals surface area (Å²) in [5, 5.41) is 13.6. The van der Waals surface area contributed by atoms with E-state index in [4.69, 9.17) is 4.74 Å². The number of pyridine rings is 1. The Hall–Kier alpha value is -2.89. The zero-order valence-corrected chi connectivity index (χ0v) is 13.9. The Morgan fingerprint density at radius 1 is 1.04 bits per heavy atom. The van der Waals surface area contributed by atoms with Crippen LogP contribution in [0.5, 0.6) is 0 Å². The molecule has 1 aromatic carbocycles. The third-order valence-electron chi connectivity index (χ3n) is 3.54. The Morgan fingerprint density at radius 3 is 2.17 bits per heavy atom. The molecule has 1 heterocycles. The van der Waals surface area contributed by atoms with Gasteiger partial charge in [-0.25, -0.2) is 4.79 Å². The van der Waals surface area contributed by atoms with Crippen LogP contribution in [-0.2, 0) is 9.53 Å². The minimum Gasteiger partial charge on any atom is -0.619 e. The van der Waals surface area contributed by atoms with E-state index < -0.39 is 18.0 Å². The van der Waals surface area contributed by atoms with Crippen molar-refractivity contribution in [2.45, 2.75) is 32.8 Å². The molecule has 1 N–H and O–H groups in total. The van der Waals surface area contributed by atoms with Crippen molar-refractivity contribution in [2.24, 2.45) is 0 Å². The molecule has 6 nitrogen and oxygen atoms in total. The SMILES string of the molecule is CC(C)c1ccc(NC(=O)[C@@H](C)OC(=O)c2cc[n+]([O-])cc2)cc1. The van der Waals surface area contributed by atoms with Gasteiger partial charge in [0.15, 0.2) is 18.5 Å². The second-order valence-electron chi connectivity index (χ2n) is 5.76. The maximum absolute atomic E-state index is 12.1. The van der Waals surface area contributed by atoms with Crippen molar-refractivity contribution in [3.8, 4) is 0 Å². The molecule has 2 rings (SSSR count). The second-order valence-corrected chi connectivity index (χ2v) is 5.76. The smallest absolute Gasteiger partial charge is 0.339 e. The molecule has 24 heavy (non-hydrogen) atoms. The molecule has 0 aliphatic rings. The third-order valence-corrected chi connectivity index (χ3v) is 3.54. The topological polar surface area (TPSA) is 82.3 Å². The molecule has 0 aliphatic heterocycles. The van der Waals surface area contributed by atoms with E-state index in [1.165, 1.54) is 37.0 Å². The number of amides is 1. The molecule has 6 heteroatoms. The van der Waals surface area contributed by atoms with Crippen LogP contribution in [0.2, 0.25) is 0 Å². The lowest BCUT2D eigenvalue weighted by Gasteiger charge is -2.14. The van der Waals surface area contributed by atoms with Gasteiger partial charge >= 0.3 is 5.97 Å². The molecule has 0 spiro atoms. The second kappa shape index (κ2) is 7.59. The number of hydrogen-bond donors (Lipinski definition) is 1. The normalized spacial score (nSPS) is 11.8. The van der Waals surface area contributed by atoms with Gasteiger partial charge in [0.05, 0.1) is 5.56 Å². The number of aromatic nitrogens is 1. The van der Waals surface area contributed by atoms with E-state index in [0.717, 1.165) is 0 Å². The molecular weight excluding hydrogens is 308 g/mol. The average Bonchev–Trinajstić information content (AvgIpc) is 2.55. The van der Waals surface area contributed by atoms with E-state index >= 15 is 0 Å². The minimum atomic E-state index is -0.957. The first-order valence-corrected chi connectivity index (χ1v) is 7.67. The van der Waals surface area contributed by atoms with E-state index in [2.05, 4.69) is 19.2 Å². The summed E-state index contributed by atoms with van der Waals surface area (Å²) in [4.78, 5) is 24.0. The summed E-state index contributed by atoms with van der Waals surface area (Å²) in [6, 6.07) is 10.2. The van der Waals surface area contributed by atoms with Gasteiger partial charge in [0.25, 0.3) is 5.91 Å². The summed E-state index contributed by atoms with van der Waals surface area (Å²) < 4.78 is 5.67. The molecule has 0 fully saturated rings. The van der Waals surface area contributed by atoms with Crippen molar-refractivity contribution in [1.82, 2.24) is 0 Å². The molecule has 1 aromatic heterocycles. The van der Waals surface area contributed by atoms with Gasteiger partial charge in [-0.3, -0.25) is 4.79 Å². The summed E-state index contributed by atoms with van der Waals surface area (Å²) in [5.41, 5.74) is 2.02. The molecule has 2 aromatic rings. The zero-order valence-electron chi connectivity index (χ0n) is 13.9. The summed E-state index contributed by atoms with van der Waals surface area (Å²) in [7, 11) is 0. The number of carbonyl (C=O) groups excluding carboxylic acids is 2. The predicted octanol–water partition coefficient (Wildman–Crippen LogP) is 2.63. The summed E-state index contributed by atoms with van der Waals surface area (Å²) in [6.07, 6.45) is 1.43. The van der Waals surface area contributed by atoms with Gasteiger partial charge < -0.3 is 15.3 Å². The highest BCUT2D eigenvalue weighted by atomic mass is 16.5. The summed E-state index contributed by atoms with van der Waals surface area (Å²) in [6.45, 7) is 5.67. The molecule has 0 radical (unpaired) electrons. The van der Waals surface area contributed by atoms with Crippen LogP contribution < -0.4 is 10.0 Å². The van der Waals surface area contributed by atoms with E-state index in [1.807, 2.05) is 24.3 Å². The minimum absolute atomic E-state index is 0.211. The van der Waals surface area contributed by atoms with Crippen molar-refractivity contribution in [3.05, 3.63) is 65.1 Å². The largest absolute Gasteiger partial charge is 0.619 e. The Morgan fingerprint density at radius 2 is 1.62 bits per heavy atom. The van der Waals surface area contributed by atoms with Gasteiger partial charge in [-0.15, -0.1) is 0 Å². The van der Waals surface area contributed by atoms with E-state index in [0.29, 0.717) is 16.3 Å². The van der Waals surface area contributed by atoms with Gasteiger partial charge in [0, 0.05) is 17.8 Å². The van der Waals surface area contributed by atoms with Crippen LogP contribution >= 0.6 is 0 Å². The van der Waals surface area contributed by atoms with E-state index in [1.54, 1.807) is 0 Å². The Kier molecular flexibility index (Phi) is 5.52. The third kappa shape index (κ3) is 4.55. The average molecular weight is 328 g/mol. The molecule has 0 saturated carbocycles. The Bertz CT molecular complexity index is 709. The fourth-order valence-electron chi connectivity index (χ4n) is 2.03. The first-order chi connectivity index (χ1) is 11.4. The zero-order chi connectivity index (χ0) is 17.7. The quantitative estimate of drug-likeness (QED) is 0.519. The summed E-state index contributed by atoms with van der Waals surface area (Å²) >= 11 is 0. The number of rotatable bonds is 5. The summed E-state index contributed by atoms with van der Waals surface area (Å²) in [5.74, 6) is -0.669. The fraction of sp³-hybridized carbons (Fsp3) is 0.278. The van der Waals surface area contributed by atoms with Gasteiger partial charge in [-0.05, 0) is 30.5 Å². The van der Waals surface area contributed by atoms with Gasteiger partial charge in [0.1, 0.15) is 0 Å². The van der Waals surface area contributed by atoms with Gasteiger partial charge in [0.2, 0.25) is 0 Å². The molecule has 1 amide bonds. The number of nitrogens with zero attached hydrogens (tertiary/aromatic N) is 1. The van der Waals surface area contributed by atoms with E-state index in [9.17, 15) is 14.8 Å². The van der Waals surface area contributed by atoms with E-state index in [-0.39, 0.29) is 5.56 Å². The number of anilines is 1. The van der Waals surface area contributed by atoms with Crippen LogP contribution in [0.15, 0.2) is 48.8 Å². The molecule has 126 valence electrons. The number of hydrogen-bond acceptors (Lipinski definition) is 4. The molecule has 0 saturated heterocycles. The number of esters is 1. The highest BCUT2D eigenvalue weighted by Gasteiger charge is 2.19. The molecule has 0 aliphatic carbocycles. The Balaban J connectivity index is 1.94. The molecule has 0 bridgehead atoms. The van der Waals surface area contributed by atoms with Crippen molar-refractivity contribution >= 4 is 17.6 Å². The molecule has 0 unspecified atom stereocenters. The fourth-order valence-corrected chi connectivity index (χ4v) is 2.03. The van der Waals surface area contributed by atoms with Crippen LogP contribution in [-0.4, -0.2) is 18.0 Å². The lowest BCUT2D eigenvalue weighted by atomic mass is 10.0. The highest BCUT2D eigenvalue weighted by molar-refractivity contribution is 5.97. The van der Waals surface area contributed by atoms with Crippen LogP contribution in [0, 0.1) is 5.21 Å². The van der Waals surface area contributed by atoms with Crippen LogP contribution in [0.1, 0.15) is 42.6 Å². The lowest BCUT2D eigenvalue weighted by Crippen LogP contribution is -2.30. The number of carbonyl (C=O) groups is 2. The van der Waals surface area contributed by atoms with Crippen molar-refractivity contribution in [3.63, 3.8) is 0 Å². The van der Waals surface area contributed by atoms with Crippen LogP contribution in [0.4, 0.5) is 5.69 Å². The van der Waals surface area contributed by atoms with Crippen molar-refractivity contribution in [2.75, 3.05) is 5.32 Å². The van der Waals surface area contributed by atoms with Crippen molar-refractivity contribution in [1.29, 1.82) is 0 Å². The molecule has 1 atom stereocenters. The van der Waals surface area contributed by atoms with Crippen molar-refractivity contribution < 1.29 is 19.1 Å². The number of ether oxygens (including phenoxy) is 1. The van der Waals surface area contributed by atoms with Crippen LogP contribution in [0.25, 0.3) is 0 Å². The Labute approximate surface area is 140 Å². The predicted molar refractivity (Wildman–Crippen MR) is 89.4 cm³/mol. The van der Waals surface area contributed by atoms with Gasteiger partial charge in [-0.2, -0.15) is 4.73 Å². The maximum atomic E-state index is 12.1. The lowest BCUT2D eigenvalue weighted by molar-refractivity contribution is -0.605. The van der Waals surface area contributed by atoms with Gasteiger partial charge in [-0.1, -0.05) is 26.0 Å². The maximum Gasteiger partial charge on any atom is 0.339 e. The number of nitrogens with one attached hydrogen (secondary N) is 1. The number of benzene rings is 1. The standard InChI is InChI=1S/C18H20N2O4/c1-12(2)14-4-6-16(7-5-14)19-17(21)13(3)24-18(22)15-8-10-20(23)11-9-15/h4-13H,1-3H3,(H,19,21)/t13-/m1/s1. The monoisotopic (exact) mass is 328 g/mol. The first-order valence-electron chi connectivity index (χ1n) is 7.67. The first kappa shape index (κ1) is 17.5. The highest BCUT2D eigenvalue weighted by Crippen LogP contribution is 2.17. The molecular formula is C18H20N2O4. The van der Waals surface area contributed by atoms with Crippen LogP contribution in [0.3, 0.4) is 0 Å².